The van der Waals surface area contributed by atoms with Crippen LogP contribution < -0.4 is 20.7 Å². The molecule has 2 aromatic carbocycles. The molecule has 4 aromatic rings. The van der Waals surface area contributed by atoms with Gasteiger partial charge in [-0.3, -0.25) is 4.68 Å². The molecule has 202 valence electrons. The van der Waals surface area contributed by atoms with E-state index in [1.54, 1.807) is 44.5 Å². The number of ether oxygens (including phenoxy) is 2. The summed E-state index contributed by atoms with van der Waals surface area (Å²) in [7, 11) is 3.16. The summed E-state index contributed by atoms with van der Waals surface area (Å²) >= 11 is 0. The summed E-state index contributed by atoms with van der Waals surface area (Å²) in [6.45, 7) is 2.78. The Labute approximate surface area is 224 Å². The molecule has 0 aliphatic rings. The van der Waals surface area contributed by atoms with Crippen molar-refractivity contribution in [2.24, 2.45) is 0 Å². The molecule has 2 atom stereocenters. The Hall–Kier alpha value is -4.89. The number of hydrogen-bond acceptors (Lipinski definition) is 8. The third-order valence-electron chi connectivity index (χ3n) is 6.13. The van der Waals surface area contributed by atoms with Gasteiger partial charge in [-0.1, -0.05) is 12.1 Å². The van der Waals surface area contributed by atoms with E-state index < -0.39 is 24.0 Å². The summed E-state index contributed by atoms with van der Waals surface area (Å²) in [5.74, 6) is -0.149. The van der Waals surface area contributed by atoms with Gasteiger partial charge in [0, 0.05) is 18.2 Å². The van der Waals surface area contributed by atoms with Crippen LogP contribution in [0.1, 0.15) is 24.1 Å². The van der Waals surface area contributed by atoms with Crippen molar-refractivity contribution in [1.29, 1.82) is 5.26 Å². The lowest BCUT2D eigenvalue weighted by Gasteiger charge is -2.26. The van der Waals surface area contributed by atoms with Crippen LogP contribution in [0.25, 0.3) is 10.9 Å². The van der Waals surface area contributed by atoms with Gasteiger partial charge < -0.3 is 30.5 Å². The van der Waals surface area contributed by atoms with Crippen molar-refractivity contribution < 1.29 is 23.8 Å². The van der Waals surface area contributed by atoms with E-state index in [-0.39, 0.29) is 17.2 Å². The van der Waals surface area contributed by atoms with E-state index in [0.717, 1.165) is 17.0 Å². The zero-order valence-corrected chi connectivity index (χ0v) is 21.6. The molecular formula is C27H28FN7O4. The van der Waals surface area contributed by atoms with Crippen LogP contribution in [0.15, 0.2) is 54.7 Å². The number of hydrogen-bond donors (Lipinski definition) is 4. The van der Waals surface area contributed by atoms with Crippen LogP contribution in [0, 0.1) is 17.1 Å². The second kappa shape index (κ2) is 12.1. The standard InChI is InChI=1S/C27H28FN7O4/c1-16(31-27(36)37)24(17-4-7-21(39-3)8-5-17)33-26-22(28)13-18(14-29)25(34-26)32-20-6-9-23-19(12-20)15-30-35(23)10-11-38-2/h4-9,12-13,15-16,24,31H,10-11H2,1-3H3,(H,36,37)(H2,32,33,34)/t16-,24+/m0/s1. The number of nitrogens with zero attached hydrogens (tertiary/aromatic N) is 4. The number of methoxy groups -OCH3 is 2. The van der Waals surface area contributed by atoms with Gasteiger partial charge in [0.15, 0.2) is 17.5 Å². The second-order valence-corrected chi connectivity index (χ2v) is 8.72. The molecular weight excluding hydrogens is 505 g/mol. The Balaban J connectivity index is 1.65. The van der Waals surface area contributed by atoms with E-state index in [2.05, 4.69) is 26.0 Å². The van der Waals surface area contributed by atoms with Gasteiger partial charge in [-0.25, -0.2) is 14.2 Å². The van der Waals surface area contributed by atoms with Gasteiger partial charge in [0.25, 0.3) is 0 Å². The summed E-state index contributed by atoms with van der Waals surface area (Å²) < 4.78 is 27.3. The van der Waals surface area contributed by atoms with E-state index >= 15 is 4.39 Å². The Bertz CT molecular complexity index is 1500. The molecule has 0 fully saturated rings. The number of pyridine rings is 1. The number of carbonyl (C=O) groups is 1. The highest BCUT2D eigenvalue weighted by molar-refractivity contribution is 5.83. The molecule has 11 nitrogen and oxygen atoms in total. The van der Waals surface area contributed by atoms with Gasteiger partial charge in [-0.2, -0.15) is 10.4 Å². The molecule has 12 heteroatoms. The molecule has 4 N–H and O–H groups in total. The van der Waals surface area contributed by atoms with Crippen LogP contribution in [0.2, 0.25) is 0 Å². The van der Waals surface area contributed by atoms with E-state index in [1.807, 2.05) is 29.0 Å². The van der Waals surface area contributed by atoms with Crippen molar-refractivity contribution >= 4 is 34.3 Å². The molecule has 0 saturated heterocycles. The number of rotatable bonds is 11. The minimum atomic E-state index is -1.22. The highest BCUT2D eigenvalue weighted by atomic mass is 19.1. The van der Waals surface area contributed by atoms with Crippen molar-refractivity contribution in [3.63, 3.8) is 0 Å². The minimum Gasteiger partial charge on any atom is -0.497 e. The van der Waals surface area contributed by atoms with Crippen LogP contribution in [0.3, 0.4) is 0 Å². The van der Waals surface area contributed by atoms with Crippen LogP contribution in [0.5, 0.6) is 5.75 Å². The molecule has 2 heterocycles. The first-order valence-corrected chi connectivity index (χ1v) is 12.0. The summed E-state index contributed by atoms with van der Waals surface area (Å²) in [5, 5.41) is 32.7. The van der Waals surface area contributed by atoms with Crippen molar-refractivity contribution in [3.8, 4) is 11.8 Å². The average Bonchev–Trinajstić information content (AvgIpc) is 3.33. The summed E-state index contributed by atoms with van der Waals surface area (Å²) in [6, 6.07) is 14.2. The van der Waals surface area contributed by atoms with Crippen LogP contribution >= 0.6 is 0 Å². The predicted molar refractivity (Wildman–Crippen MR) is 144 cm³/mol. The van der Waals surface area contributed by atoms with Crippen molar-refractivity contribution in [1.82, 2.24) is 20.1 Å². The maximum atomic E-state index is 15.1. The number of carboxylic acid groups (broad SMARTS) is 1. The second-order valence-electron chi connectivity index (χ2n) is 8.72. The van der Waals surface area contributed by atoms with Crippen molar-refractivity contribution in [2.75, 3.05) is 31.5 Å². The number of halogens is 1. The summed E-state index contributed by atoms with van der Waals surface area (Å²) in [5.41, 5.74) is 2.22. The molecule has 0 spiro atoms. The highest BCUT2D eigenvalue weighted by Gasteiger charge is 2.24. The van der Waals surface area contributed by atoms with E-state index in [4.69, 9.17) is 9.47 Å². The van der Waals surface area contributed by atoms with Crippen molar-refractivity contribution in [3.05, 3.63) is 71.7 Å². The lowest BCUT2D eigenvalue weighted by molar-refractivity contribution is 0.185. The van der Waals surface area contributed by atoms with Crippen LogP contribution in [-0.2, 0) is 11.3 Å². The number of nitriles is 1. The van der Waals surface area contributed by atoms with Gasteiger partial charge in [-0.15, -0.1) is 0 Å². The zero-order valence-electron chi connectivity index (χ0n) is 21.6. The Morgan fingerprint density at radius 2 is 1.95 bits per heavy atom. The van der Waals surface area contributed by atoms with Gasteiger partial charge >= 0.3 is 6.09 Å². The molecule has 39 heavy (non-hydrogen) atoms. The lowest BCUT2D eigenvalue weighted by Crippen LogP contribution is -2.39. The van der Waals surface area contributed by atoms with E-state index in [1.165, 1.54) is 7.11 Å². The van der Waals surface area contributed by atoms with E-state index in [0.29, 0.717) is 30.2 Å². The van der Waals surface area contributed by atoms with Crippen LogP contribution in [-0.4, -0.2) is 52.8 Å². The number of nitrogens with one attached hydrogen (secondary N) is 3. The fraction of sp³-hybridized carbons (Fsp3) is 0.259. The molecule has 0 aliphatic carbocycles. The normalized spacial score (nSPS) is 12.4. The lowest BCUT2D eigenvalue weighted by atomic mass is 10.00. The van der Waals surface area contributed by atoms with E-state index in [9.17, 15) is 15.2 Å². The number of aromatic nitrogens is 3. The van der Waals surface area contributed by atoms with Gasteiger partial charge in [0.1, 0.15) is 11.8 Å². The Morgan fingerprint density at radius 1 is 1.18 bits per heavy atom. The summed E-state index contributed by atoms with van der Waals surface area (Å²) in [6.07, 6.45) is 0.502. The highest BCUT2D eigenvalue weighted by Crippen LogP contribution is 2.29. The number of anilines is 3. The number of amides is 1. The fourth-order valence-corrected chi connectivity index (χ4v) is 4.16. The van der Waals surface area contributed by atoms with Gasteiger partial charge in [-0.05, 0) is 48.9 Å². The molecule has 0 saturated carbocycles. The third-order valence-corrected chi connectivity index (χ3v) is 6.13. The maximum absolute atomic E-state index is 15.1. The third kappa shape index (κ3) is 6.34. The van der Waals surface area contributed by atoms with Crippen LogP contribution in [0.4, 0.5) is 26.5 Å². The Morgan fingerprint density at radius 3 is 2.62 bits per heavy atom. The smallest absolute Gasteiger partial charge is 0.404 e. The molecule has 0 radical (unpaired) electrons. The molecule has 1 amide bonds. The summed E-state index contributed by atoms with van der Waals surface area (Å²) in [4.78, 5) is 15.7. The minimum absolute atomic E-state index is 0.00615. The maximum Gasteiger partial charge on any atom is 0.404 e. The molecule has 0 unspecified atom stereocenters. The van der Waals surface area contributed by atoms with Gasteiger partial charge in [0.05, 0.1) is 49.6 Å². The quantitative estimate of drug-likeness (QED) is 0.216. The molecule has 4 rings (SSSR count). The first-order chi connectivity index (χ1) is 18.8. The predicted octanol–water partition coefficient (Wildman–Crippen LogP) is 4.65. The van der Waals surface area contributed by atoms with Crippen molar-refractivity contribution in [2.45, 2.75) is 25.6 Å². The van der Waals surface area contributed by atoms with Gasteiger partial charge in [0.2, 0.25) is 0 Å². The first-order valence-electron chi connectivity index (χ1n) is 12.0. The Kier molecular flexibility index (Phi) is 8.43. The average molecular weight is 534 g/mol. The number of benzene rings is 2. The first kappa shape index (κ1) is 27.2. The largest absolute Gasteiger partial charge is 0.497 e. The molecule has 2 aromatic heterocycles. The monoisotopic (exact) mass is 533 g/mol. The molecule has 0 aliphatic heterocycles. The topological polar surface area (TPSA) is 146 Å². The number of fused-ring (bicyclic) bond motifs is 1. The zero-order chi connectivity index (χ0) is 27.9. The SMILES string of the molecule is COCCn1ncc2cc(Nc3nc(N[C@@H](c4ccc(OC)cc4)[C@H](C)NC(=O)O)c(F)cc3C#N)ccc21. The molecule has 0 bridgehead atoms. The fourth-order valence-electron chi connectivity index (χ4n) is 4.16.